The third-order valence-corrected chi connectivity index (χ3v) is 4.79. The van der Waals surface area contributed by atoms with E-state index in [2.05, 4.69) is 10.5 Å². The Balaban J connectivity index is 1.53. The Hall–Kier alpha value is -3.21. The van der Waals surface area contributed by atoms with E-state index >= 15 is 0 Å². The maximum absolute atomic E-state index is 12.8. The number of rotatable bonds is 5. The average Bonchev–Trinajstić information content (AvgIpc) is 3.33. The lowest BCUT2D eigenvalue weighted by Crippen LogP contribution is -2.28. The van der Waals surface area contributed by atoms with Crippen molar-refractivity contribution in [3.63, 3.8) is 0 Å². The van der Waals surface area contributed by atoms with Crippen molar-refractivity contribution in [3.05, 3.63) is 71.9 Å². The molecule has 3 aromatic rings. The number of nitrogens with one attached hydrogen (secondary N) is 1. The molecule has 5 heteroatoms. The Bertz CT molecular complexity index is 954. The van der Waals surface area contributed by atoms with Crippen LogP contribution in [0.25, 0.3) is 11.3 Å². The fourth-order valence-corrected chi connectivity index (χ4v) is 3.00. The van der Waals surface area contributed by atoms with Gasteiger partial charge in [0.2, 0.25) is 5.91 Å². The predicted octanol–water partition coefficient (Wildman–Crippen LogP) is 4.21. The number of Topliss-reactive ketones (excluding diaryl/α,β-unsaturated/α-hetero) is 1. The van der Waals surface area contributed by atoms with Crippen LogP contribution < -0.4 is 5.32 Å². The van der Waals surface area contributed by atoms with E-state index in [0.717, 1.165) is 18.4 Å². The first kappa shape index (κ1) is 16.3. The molecule has 0 spiro atoms. The number of benzene rings is 2. The van der Waals surface area contributed by atoms with Crippen molar-refractivity contribution in [2.75, 3.05) is 5.32 Å². The van der Waals surface area contributed by atoms with Gasteiger partial charge in [-0.1, -0.05) is 35.5 Å². The lowest BCUT2D eigenvalue weighted by atomic mass is 10.00. The van der Waals surface area contributed by atoms with Gasteiger partial charge in [-0.2, -0.15) is 0 Å². The Kier molecular flexibility index (Phi) is 3.92. The standard InChI is InChI=1S/C21H18N2O3/c1-14(24)15-7-9-17(10-8-15)22-20(25)21(11-12-21)19-13-18(26-23-19)16-5-3-2-4-6-16/h2-10,13H,11-12H2,1H3,(H,22,25). The van der Waals surface area contributed by atoms with E-state index in [4.69, 9.17) is 4.52 Å². The molecule has 4 rings (SSSR count). The molecule has 0 bridgehead atoms. The van der Waals surface area contributed by atoms with Crippen molar-refractivity contribution in [2.45, 2.75) is 25.2 Å². The van der Waals surface area contributed by atoms with E-state index < -0.39 is 5.41 Å². The van der Waals surface area contributed by atoms with E-state index in [-0.39, 0.29) is 11.7 Å². The molecule has 0 atom stereocenters. The smallest absolute Gasteiger partial charge is 0.236 e. The van der Waals surface area contributed by atoms with Crippen molar-refractivity contribution < 1.29 is 14.1 Å². The van der Waals surface area contributed by atoms with Crippen LogP contribution >= 0.6 is 0 Å². The normalized spacial score (nSPS) is 14.7. The van der Waals surface area contributed by atoms with Crippen molar-refractivity contribution in [3.8, 4) is 11.3 Å². The van der Waals surface area contributed by atoms with Crippen molar-refractivity contribution in [1.29, 1.82) is 0 Å². The number of ketones is 1. The molecule has 0 unspecified atom stereocenters. The van der Waals surface area contributed by atoms with Gasteiger partial charge in [-0.05, 0) is 44.0 Å². The summed E-state index contributed by atoms with van der Waals surface area (Å²) in [6.45, 7) is 1.52. The highest BCUT2D eigenvalue weighted by Crippen LogP contribution is 2.49. The maximum Gasteiger partial charge on any atom is 0.236 e. The van der Waals surface area contributed by atoms with Crippen LogP contribution in [0.15, 0.2) is 65.2 Å². The van der Waals surface area contributed by atoms with Crippen LogP contribution in [0.5, 0.6) is 0 Å². The SMILES string of the molecule is CC(=O)c1ccc(NC(=O)C2(c3cc(-c4ccccc4)on3)CC2)cc1. The van der Waals surface area contributed by atoms with Gasteiger partial charge >= 0.3 is 0 Å². The number of hydrogen-bond acceptors (Lipinski definition) is 4. The van der Waals surface area contributed by atoms with E-state index in [0.29, 0.717) is 22.7 Å². The van der Waals surface area contributed by atoms with Gasteiger partial charge in [0.1, 0.15) is 0 Å². The summed E-state index contributed by atoms with van der Waals surface area (Å²) in [6.07, 6.45) is 1.48. The highest BCUT2D eigenvalue weighted by Gasteiger charge is 2.53. The second-order valence-electron chi connectivity index (χ2n) is 6.61. The molecule has 2 aromatic carbocycles. The number of anilines is 1. The lowest BCUT2D eigenvalue weighted by molar-refractivity contribution is -0.118. The van der Waals surface area contributed by atoms with Gasteiger partial charge in [-0.25, -0.2) is 0 Å². The molecule has 1 saturated carbocycles. The summed E-state index contributed by atoms with van der Waals surface area (Å²) in [6, 6.07) is 18.4. The highest BCUT2D eigenvalue weighted by molar-refractivity contribution is 6.01. The van der Waals surface area contributed by atoms with Crippen molar-refractivity contribution in [2.24, 2.45) is 0 Å². The summed E-state index contributed by atoms with van der Waals surface area (Å²) in [4.78, 5) is 24.1. The first-order valence-corrected chi connectivity index (χ1v) is 8.54. The van der Waals surface area contributed by atoms with E-state index in [1.807, 2.05) is 36.4 Å². The molecular formula is C21H18N2O3. The topological polar surface area (TPSA) is 72.2 Å². The molecule has 0 radical (unpaired) electrons. The van der Waals surface area contributed by atoms with Gasteiger partial charge in [-0.15, -0.1) is 0 Å². The molecule has 1 aliphatic rings. The van der Waals surface area contributed by atoms with Crippen LogP contribution in [0.4, 0.5) is 5.69 Å². The van der Waals surface area contributed by atoms with Gasteiger partial charge in [-0.3, -0.25) is 9.59 Å². The quantitative estimate of drug-likeness (QED) is 0.702. The molecule has 1 aromatic heterocycles. The minimum atomic E-state index is -0.629. The zero-order chi connectivity index (χ0) is 18.1. The zero-order valence-electron chi connectivity index (χ0n) is 14.4. The molecule has 1 N–H and O–H groups in total. The van der Waals surface area contributed by atoms with E-state index in [9.17, 15) is 9.59 Å². The molecule has 1 heterocycles. The molecule has 26 heavy (non-hydrogen) atoms. The summed E-state index contributed by atoms with van der Waals surface area (Å²) in [5, 5.41) is 7.07. The number of carbonyl (C=O) groups is 2. The molecular weight excluding hydrogens is 328 g/mol. The molecule has 5 nitrogen and oxygen atoms in total. The highest BCUT2D eigenvalue weighted by atomic mass is 16.5. The van der Waals surface area contributed by atoms with Crippen LogP contribution in [0.1, 0.15) is 35.8 Å². The van der Waals surface area contributed by atoms with Crippen LogP contribution in [0.3, 0.4) is 0 Å². The molecule has 0 aliphatic heterocycles. The average molecular weight is 346 g/mol. The van der Waals surface area contributed by atoms with Gasteiger partial charge in [0.15, 0.2) is 11.5 Å². The predicted molar refractivity (Wildman–Crippen MR) is 97.9 cm³/mol. The minimum Gasteiger partial charge on any atom is -0.356 e. The summed E-state index contributed by atoms with van der Waals surface area (Å²) < 4.78 is 5.45. The fourth-order valence-electron chi connectivity index (χ4n) is 3.00. The third-order valence-electron chi connectivity index (χ3n) is 4.79. The molecule has 130 valence electrons. The zero-order valence-corrected chi connectivity index (χ0v) is 14.4. The number of amides is 1. The monoisotopic (exact) mass is 346 g/mol. The first-order valence-electron chi connectivity index (χ1n) is 8.54. The van der Waals surface area contributed by atoms with Gasteiger partial charge in [0.05, 0.1) is 11.1 Å². The number of carbonyl (C=O) groups excluding carboxylic acids is 2. The van der Waals surface area contributed by atoms with Gasteiger partial charge in [0.25, 0.3) is 0 Å². The van der Waals surface area contributed by atoms with Gasteiger partial charge < -0.3 is 9.84 Å². The maximum atomic E-state index is 12.8. The summed E-state index contributed by atoms with van der Waals surface area (Å²) in [7, 11) is 0. The van der Waals surface area contributed by atoms with Crippen LogP contribution in [0, 0.1) is 0 Å². The third kappa shape index (κ3) is 2.92. The van der Waals surface area contributed by atoms with Crippen LogP contribution in [-0.4, -0.2) is 16.8 Å². The van der Waals surface area contributed by atoms with Crippen molar-refractivity contribution in [1.82, 2.24) is 5.16 Å². The second-order valence-corrected chi connectivity index (χ2v) is 6.61. The van der Waals surface area contributed by atoms with Gasteiger partial charge in [0, 0.05) is 22.9 Å². The lowest BCUT2D eigenvalue weighted by Gasteiger charge is -2.12. The minimum absolute atomic E-state index is 0.00224. The Morgan fingerprint density at radius 1 is 1.04 bits per heavy atom. The Morgan fingerprint density at radius 2 is 1.73 bits per heavy atom. The van der Waals surface area contributed by atoms with Crippen LogP contribution in [0.2, 0.25) is 0 Å². The summed E-state index contributed by atoms with van der Waals surface area (Å²) in [5.41, 5.74) is 2.25. The van der Waals surface area contributed by atoms with E-state index in [1.165, 1.54) is 6.92 Å². The molecule has 1 fully saturated rings. The Morgan fingerprint density at radius 3 is 2.35 bits per heavy atom. The molecule has 1 aliphatic carbocycles. The number of aromatic nitrogens is 1. The summed E-state index contributed by atoms with van der Waals surface area (Å²) >= 11 is 0. The molecule has 1 amide bonds. The largest absolute Gasteiger partial charge is 0.356 e. The fraction of sp³-hybridized carbons (Fsp3) is 0.190. The number of hydrogen-bond donors (Lipinski definition) is 1. The van der Waals surface area contributed by atoms with E-state index in [1.54, 1.807) is 24.3 Å². The number of nitrogens with zero attached hydrogens (tertiary/aromatic N) is 1. The Labute approximate surface area is 151 Å². The second kappa shape index (κ2) is 6.26. The summed E-state index contributed by atoms with van der Waals surface area (Å²) in [5.74, 6) is 0.559. The first-order chi connectivity index (χ1) is 12.6. The molecule has 0 saturated heterocycles. The van der Waals surface area contributed by atoms with Crippen LogP contribution in [-0.2, 0) is 10.2 Å². The van der Waals surface area contributed by atoms with Crippen molar-refractivity contribution >= 4 is 17.4 Å².